The number of carbonyl (C=O) groups excluding carboxylic acids is 1. The zero-order chi connectivity index (χ0) is 26.3. The van der Waals surface area contributed by atoms with Gasteiger partial charge < -0.3 is 19.5 Å². The van der Waals surface area contributed by atoms with E-state index in [2.05, 4.69) is 24.4 Å². The summed E-state index contributed by atoms with van der Waals surface area (Å²) in [6, 6.07) is 19.9. The molecule has 1 aliphatic rings. The summed E-state index contributed by atoms with van der Waals surface area (Å²) in [4.78, 5) is 12.5. The molecule has 4 rings (SSSR count). The Morgan fingerprint density at radius 2 is 1.62 bits per heavy atom. The highest BCUT2D eigenvalue weighted by atomic mass is 32.2. The Balaban J connectivity index is 1.32. The van der Waals surface area contributed by atoms with Crippen LogP contribution in [0, 0.1) is 0 Å². The summed E-state index contributed by atoms with van der Waals surface area (Å²) in [7, 11) is -3.57. The van der Waals surface area contributed by atoms with Crippen LogP contribution in [0.5, 0.6) is 17.2 Å². The maximum Gasteiger partial charge on any atom is 0.251 e. The number of carbonyl (C=O) groups is 1. The fraction of sp³-hybridized carbons (Fsp3) is 0.321. The molecule has 0 bridgehead atoms. The number of hydrogen-bond donors (Lipinski definition) is 1. The fourth-order valence-corrected chi connectivity index (χ4v) is 4.87. The van der Waals surface area contributed by atoms with Crippen molar-refractivity contribution in [1.29, 1.82) is 0 Å². The van der Waals surface area contributed by atoms with Gasteiger partial charge in [-0.15, -0.1) is 0 Å². The van der Waals surface area contributed by atoms with Crippen molar-refractivity contribution in [3.8, 4) is 17.2 Å². The minimum Gasteiger partial charge on any atom is -0.492 e. The fourth-order valence-electron chi connectivity index (χ4n) is 3.99. The summed E-state index contributed by atoms with van der Waals surface area (Å²) < 4.78 is 43.2. The van der Waals surface area contributed by atoms with Crippen LogP contribution in [0.3, 0.4) is 0 Å². The third-order valence-corrected chi connectivity index (χ3v) is 7.02. The summed E-state index contributed by atoms with van der Waals surface area (Å²) in [6.45, 7) is 3.86. The first-order valence-corrected chi connectivity index (χ1v) is 14.1. The van der Waals surface area contributed by atoms with Crippen molar-refractivity contribution >= 4 is 21.6 Å². The average molecular weight is 525 g/mol. The zero-order valence-corrected chi connectivity index (χ0v) is 21.9. The minimum atomic E-state index is -3.57. The van der Waals surface area contributed by atoms with Gasteiger partial charge in [0.1, 0.15) is 25.6 Å². The van der Waals surface area contributed by atoms with E-state index in [1.54, 1.807) is 42.5 Å². The Kier molecular flexibility index (Phi) is 8.55. The van der Waals surface area contributed by atoms with Gasteiger partial charge in [-0.2, -0.15) is 0 Å². The molecule has 1 aliphatic heterocycles. The molecule has 0 aliphatic carbocycles. The van der Waals surface area contributed by atoms with E-state index in [-0.39, 0.29) is 12.5 Å². The van der Waals surface area contributed by atoms with Gasteiger partial charge in [-0.25, -0.2) is 8.42 Å². The third-order valence-electron chi connectivity index (χ3n) is 5.87. The third kappa shape index (κ3) is 7.16. The molecule has 0 radical (unpaired) electrons. The molecule has 0 saturated heterocycles. The van der Waals surface area contributed by atoms with Gasteiger partial charge in [0, 0.05) is 11.6 Å². The maximum absolute atomic E-state index is 12.6. The molecule has 1 amide bonds. The molecule has 0 atom stereocenters. The first-order valence-electron chi connectivity index (χ1n) is 12.3. The molecule has 0 saturated carbocycles. The standard InChI is InChI=1S/C28H32N2O6S/c1-3-4-21-7-12-25(13-8-21)34-16-15-29-28(31)23-9-5-22(6-10-23)20-30(37(2,32)33)24-11-14-26-27(19-24)36-18-17-35-26/h5-14,19H,3-4,15-18,20H2,1-2H3,(H,29,31). The monoisotopic (exact) mass is 524 g/mol. The van der Waals surface area contributed by atoms with Crippen molar-refractivity contribution in [2.45, 2.75) is 26.3 Å². The van der Waals surface area contributed by atoms with E-state index in [1.807, 2.05) is 12.1 Å². The number of ether oxygens (including phenoxy) is 3. The summed E-state index contributed by atoms with van der Waals surface area (Å²) in [5.74, 6) is 1.66. The molecular formula is C28H32N2O6S. The summed E-state index contributed by atoms with van der Waals surface area (Å²) in [5.41, 5.74) is 2.98. The molecule has 0 fully saturated rings. The lowest BCUT2D eigenvalue weighted by atomic mass is 10.1. The van der Waals surface area contributed by atoms with Crippen molar-refractivity contribution in [3.63, 3.8) is 0 Å². The molecule has 196 valence electrons. The molecule has 8 nitrogen and oxygen atoms in total. The lowest BCUT2D eigenvalue weighted by Gasteiger charge is -2.25. The van der Waals surface area contributed by atoms with Gasteiger partial charge in [0.05, 0.1) is 25.0 Å². The quantitative estimate of drug-likeness (QED) is 0.378. The lowest BCUT2D eigenvalue weighted by molar-refractivity contribution is 0.0947. The Labute approximate surface area is 218 Å². The van der Waals surface area contributed by atoms with Crippen molar-refractivity contribution in [1.82, 2.24) is 5.32 Å². The van der Waals surface area contributed by atoms with E-state index < -0.39 is 10.0 Å². The van der Waals surface area contributed by atoms with Crippen LogP contribution in [0.4, 0.5) is 5.69 Å². The van der Waals surface area contributed by atoms with Gasteiger partial charge in [0.15, 0.2) is 11.5 Å². The molecule has 3 aromatic rings. The van der Waals surface area contributed by atoms with E-state index in [0.717, 1.165) is 30.4 Å². The summed E-state index contributed by atoms with van der Waals surface area (Å²) >= 11 is 0. The van der Waals surface area contributed by atoms with Gasteiger partial charge in [0.2, 0.25) is 10.0 Å². The maximum atomic E-state index is 12.6. The number of hydrogen-bond acceptors (Lipinski definition) is 6. The largest absolute Gasteiger partial charge is 0.492 e. The minimum absolute atomic E-state index is 0.116. The number of anilines is 1. The predicted octanol–water partition coefficient (Wildman–Crippen LogP) is 4.19. The van der Waals surface area contributed by atoms with Crippen LogP contribution in [0.15, 0.2) is 66.7 Å². The number of nitrogens with zero attached hydrogens (tertiary/aromatic N) is 1. The number of fused-ring (bicyclic) bond motifs is 1. The van der Waals surface area contributed by atoms with E-state index in [4.69, 9.17) is 14.2 Å². The number of benzene rings is 3. The smallest absolute Gasteiger partial charge is 0.251 e. The second-order valence-corrected chi connectivity index (χ2v) is 10.7. The molecule has 1 heterocycles. The topological polar surface area (TPSA) is 94.2 Å². The SMILES string of the molecule is CCCc1ccc(OCCNC(=O)c2ccc(CN(c3ccc4c(c3)OCCO4)S(C)(=O)=O)cc2)cc1. The van der Waals surface area contributed by atoms with Crippen molar-refractivity contribution in [3.05, 3.63) is 83.4 Å². The Morgan fingerprint density at radius 3 is 2.30 bits per heavy atom. The molecular weight excluding hydrogens is 492 g/mol. The average Bonchev–Trinajstić information content (AvgIpc) is 2.90. The summed E-state index contributed by atoms with van der Waals surface area (Å²) in [6.07, 6.45) is 3.30. The van der Waals surface area contributed by atoms with Gasteiger partial charge in [-0.05, 0) is 53.9 Å². The number of amides is 1. The van der Waals surface area contributed by atoms with Gasteiger partial charge in [-0.3, -0.25) is 9.10 Å². The van der Waals surface area contributed by atoms with Gasteiger partial charge >= 0.3 is 0 Å². The van der Waals surface area contributed by atoms with Crippen molar-refractivity contribution in [2.24, 2.45) is 0 Å². The van der Waals surface area contributed by atoms with E-state index >= 15 is 0 Å². The second kappa shape index (κ2) is 12.0. The number of rotatable bonds is 11. The number of aryl methyl sites for hydroxylation is 1. The van der Waals surface area contributed by atoms with Crippen LogP contribution in [0.1, 0.15) is 34.8 Å². The Morgan fingerprint density at radius 1 is 0.946 bits per heavy atom. The number of sulfonamides is 1. The number of nitrogens with one attached hydrogen (secondary N) is 1. The highest BCUT2D eigenvalue weighted by molar-refractivity contribution is 7.92. The zero-order valence-electron chi connectivity index (χ0n) is 21.1. The highest BCUT2D eigenvalue weighted by Crippen LogP contribution is 2.35. The van der Waals surface area contributed by atoms with Crippen LogP contribution in [-0.4, -0.2) is 46.9 Å². The van der Waals surface area contributed by atoms with E-state index in [0.29, 0.717) is 49.1 Å². The van der Waals surface area contributed by atoms with Crippen LogP contribution in [0.25, 0.3) is 0 Å². The molecule has 0 aromatic heterocycles. The molecule has 0 spiro atoms. The molecule has 9 heteroatoms. The lowest BCUT2D eigenvalue weighted by Crippen LogP contribution is -2.30. The summed E-state index contributed by atoms with van der Waals surface area (Å²) in [5, 5.41) is 2.84. The second-order valence-electron chi connectivity index (χ2n) is 8.79. The van der Waals surface area contributed by atoms with E-state index in [9.17, 15) is 13.2 Å². The van der Waals surface area contributed by atoms with Gasteiger partial charge in [-0.1, -0.05) is 37.6 Å². The highest BCUT2D eigenvalue weighted by Gasteiger charge is 2.21. The van der Waals surface area contributed by atoms with Crippen LogP contribution in [-0.2, 0) is 23.0 Å². The molecule has 37 heavy (non-hydrogen) atoms. The normalized spacial score (nSPS) is 12.6. The van der Waals surface area contributed by atoms with Crippen LogP contribution in [0.2, 0.25) is 0 Å². The predicted molar refractivity (Wildman–Crippen MR) is 143 cm³/mol. The van der Waals surface area contributed by atoms with Crippen molar-refractivity contribution < 1.29 is 27.4 Å². The first-order chi connectivity index (χ1) is 17.8. The molecule has 1 N–H and O–H groups in total. The van der Waals surface area contributed by atoms with Crippen LogP contribution >= 0.6 is 0 Å². The van der Waals surface area contributed by atoms with E-state index in [1.165, 1.54) is 9.87 Å². The first kappa shape index (κ1) is 26.3. The van der Waals surface area contributed by atoms with Crippen molar-refractivity contribution in [2.75, 3.05) is 36.9 Å². The molecule has 0 unspecified atom stereocenters. The Hall–Kier alpha value is -3.72. The van der Waals surface area contributed by atoms with Gasteiger partial charge in [0.25, 0.3) is 5.91 Å². The van der Waals surface area contributed by atoms with Crippen LogP contribution < -0.4 is 23.8 Å². The Bertz CT molecular complexity index is 1310. The molecule has 3 aromatic carbocycles.